The Balaban J connectivity index is 1.81. The summed E-state index contributed by atoms with van der Waals surface area (Å²) in [5.41, 5.74) is 1.32. The van der Waals surface area contributed by atoms with E-state index >= 15 is 0 Å². The van der Waals surface area contributed by atoms with Gasteiger partial charge < -0.3 is 14.9 Å². The first kappa shape index (κ1) is 11.7. The fraction of sp³-hybridized carbons (Fsp3) is 0.667. The molecular weight excluding hydrogens is 244 g/mol. The molecule has 2 fully saturated rings. The molecule has 3 aliphatic carbocycles. The molecule has 0 bridgehead atoms. The van der Waals surface area contributed by atoms with Gasteiger partial charge in [0.2, 0.25) is 0 Å². The van der Waals surface area contributed by atoms with E-state index in [1.807, 2.05) is 0 Å². The van der Waals surface area contributed by atoms with Crippen LogP contribution in [-0.2, 0) is 9.53 Å². The summed E-state index contributed by atoms with van der Waals surface area (Å²) in [5, 5.41) is 19.0. The lowest BCUT2D eigenvalue weighted by Gasteiger charge is -2.38. The molecule has 4 aliphatic rings. The van der Waals surface area contributed by atoms with E-state index in [4.69, 9.17) is 4.74 Å². The molecule has 4 rings (SSSR count). The summed E-state index contributed by atoms with van der Waals surface area (Å²) < 4.78 is 5.30. The van der Waals surface area contributed by atoms with Gasteiger partial charge in [-0.25, -0.2) is 4.79 Å². The zero-order chi connectivity index (χ0) is 13.4. The Morgan fingerprint density at radius 2 is 2.21 bits per heavy atom. The molecule has 19 heavy (non-hydrogen) atoms. The lowest BCUT2D eigenvalue weighted by molar-refractivity contribution is -0.133. The maximum absolute atomic E-state index is 11.7. The third-order valence-corrected chi connectivity index (χ3v) is 5.85. The quantitative estimate of drug-likeness (QED) is 0.729. The third-order valence-electron chi connectivity index (χ3n) is 5.85. The van der Waals surface area contributed by atoms with E-state index in [0.717, 1.165) is 12.0 Å². The van der Waals surface area contributed by atoms with E-state index in [9.17, 15) is 15.0 Å². The molecule has 4 heteroatoms. The lowest BCUT2D eigenvalue weighted by Crippen LogP contribution is -2.33. The van der Waals surface area contributed by atoms with Gasteiger partial charge in [0, 0.05) is 12.2 Å². The smallest absolute Gasteiger partial charge is 0.342 e. The SMILES string of the molecule is C[C@@]12C=C3OC(=O)C(CO)=C3C[C@H]1[C@H](CO)[C@H]1C[C@H]12. The van der Waals surface area contributed by atoms with Gasteiger partial charge in [-0.3, -0.25) is 0 Å². The summed E-state index contributed by atoms with van der Waals surface area (Å²) in [7, 11) is 0. The van der Waals surface area contributed by atoms with E-state index in [0.29, 0.717) is 35.0 Å². The number of carbonyl (C=O) groups is 1. The molecule has 0 unspecified atom stereocenters. The first-order valence-electron chi connectivity index (χ1n) is 6.99. The molecule has 0 amide bonds. The van der Waals surface area contributed by atoms with Crippen LogP contribution in [-0.4, -0.2) is 29.4 Å². The van der Waals surface area contributed by atoms with Gasteiger partial charge in [-0.2, -0.15) is 0 Å². The minimum atomic E-state index is -0.403. The summed E-state index contributed by atoms with van der Waals surface area (Å²) in [6.07, 6.45) is 4.03. The van der Waals surface area contributed by atoms with Crippen molar-refractivity contribution in [1.29, 1.82) is 0 Å². The van der Waals surface area contributed by atoms with Crippen LogP contribution in [0.1, 0.15) is 19.8 Å². The number of hydrogen-bond acceptors (Lipinski definition) is 4. The number of hydrogen-bond donors (Lipinski definition) is 2. The molecule has 0 aromatic heterocycles. The fourth-order valence-electron chi connectivity index (χ4n) is 4.78. The summed E-state index contributed by atoms with van der Waals surface area (Å²) in [6.45, 7) is 2.19. The van der Waals surface area contributed by atoms with Gasteiger partial charge in [0.1, 0.15) is 5.76 Å². The molecule has 0 aromatic carbocycles. The number of aliphatic hydroxyl groups excluding tert-OH is 2. The van der Waals surface area contributed by atoms with Crippen molar-refractivity contribution in [1.82, 2.24) is 0 Å². The largest absolute Gasteiger partial charge is 0.423 e. The summed E-state index contributed by atoms with van der Waals surface area (Å²) >= 11 is 0. The van der Waals surface area contributed by atoms with Crippen LogP contribution >= 0.6 is 0 Å². The number of ether oxygens (including phenoxy) is 1. The number of rotatable bonds is 2. The summed E-state index contributed by atoms with van der Waals surface area (Å²) in [4.78, 5) is 11.7. The number of aliphatic hydroxyl groups is 2. The first-order chi connectivity index (χ1) is 9.10. The Labute approximate surface area is 111 Å². The van der Waals surface area contributed by atoms with Crippen molar-refractivity contribution < 1.29 is 19.7 Å². The molecular formula is C15H18O4. The predicted molar refractivity (Wildman–Crippen MR) is 66.7 cm³/mol. The van der Waals surface area contributed by atoms with Gasteiger partial charge in [0.15, 0.2) is 0 Å². The summed E-state index contributed by atoms with van der Waals surface area (Å²) in [6, 6.07) is 0. The molecule has 0 saturated heterocycles. The zero-order valence-corrected chi connectivity index (χ0v) is 10.9. The Morgan fingerprint density at radius 3 is 2.89 bits per heavy atom. The van der Waals surface area contributed by atoms with E-state index in [1.54, 1.807) is 0 Å². The Bertz CT molecular complexity index is 532. The van der Waals surface area contributed by atoms with E-state index < -0.39 is 5.97 Å². The van der Waals surface area contributed by atoms with Crippen LogP contribution in [0.2, 0.25) is 0 Å². The van der Waals surface area contributed by atoms with Gasteiger partial charge in [-0.1, -0.05) is 6.92 Å². The van der Waals surface area contributed by atoms with Crippen LogP contribution < -0.4 is 0 Å². The van der Waals surface area contributed by atoms with E-state index in [1.165, 1.54) is 6.42 Å². The van der Waals surface area contributed by atoms with Crippen LogP contribution in [0.25, 0.3) is 0 Å². The van der Waals surface area contributed by atoms with Crippen LogP contribution in [0.5, 0.6) is 0 Å². The van der Waals surface area contributed by atoms with E-state index in [2.05, 4.69) is 13.0 Å². The van der Waals surface area contributed by atoms with Crippen molar-refractivity contribution in [2.75, 3.05) is 13.2 Å². The highest BCUT2D eigenvalue weighted by Crippen LogP contribution is 2.71. The Kier molecular flexibility index (Phi) is 2.15. The van der Waals surface area contributed by atoms with Crippen molar-refractivity contribution >= 4 is 5.97 Å². The van der Waals surface area contributed by atoms with Crippen molar-refractivity contribution in [3.63, 3.8) is 0 Å². The zero-order valence-electron chi connectivity index (χ0n) is 10.9. The fourth-order valence-corrected chi connectivity index (χ4v) is 4.78. The van der Waals surface area contributed by atoms with Crippen molar-refractivity contribution in [2.24, 2.45) is 29.1 Å². The molecule has 2 N–H and O–H groups in total. The Hall–Kier alpha value is -1.13. The van der Waals surface area contributed by atoms with Crippen molar-refractivity contribution in [2.45, 2.75) is 19.8 Å². The van der Waals surface area contributed by atoms with Crippen LogP contribution in [0.3, 0.4) is 0 Å². The molecule has 5 atom stereocenters. The molecule has 2 saturated carbocycles. The van der Waals surface area contributed by atoms with Gasteiger partial charge in [-0.05, 0) is 48.0 Å². The molecule has 102 valence electrons. The van der Waals surface area contributed by atoms with Gasteiger partial charge >= 0.3 is 5.97 Å². The first-order valence-corrected chi connectivity index (χ1v) is 6.99. The van der Waals surface area contributed by atoms with Crippen LogP contribution in [0.4, 0.5) is 0 Å². The third kappa shape index (κ3) is 1.29. The van der Waals surface area contributed by atoms with Crippen molar-refractivity contribution in [3.05, 3.63) is 23.0 Å². The van der Waals surface area contributed by atoms with Crippen molar-refractivity contribution in [3.8, 4) is 0 Å². The molecule has 0 spiro atoms. The molecule has 0 aromatic rings. The standard InChI is InChI=1S/C15H18O4/c1-15-4-13-8(10(6-17)14(18)19-13)3-12(15)9(5-16)7-2-11(7)15/h4,7,9,11-12,16-17H,2-3,5-6H2,1H3/t7-,9-,11-,12+,15+/m1/s1. The summed E-state index contributed by atoms with van der Waals surface area (Å²) in [5.74, 6) is 2.22. The van der Waals surface area contributed by atoms with Crippen LogP contribution in [0.15, 0.2) is 23.0 Å². The second-order valence-electron chi connectivity index (χ2n) is 6.54. The number of carbonyl (C=O) groups excluding carboxylic acids is 1. The molecule has 0 radical (unpaired) electrons. The second kappa shape index (κ2) is 3.49. The second-order valence-corrected chi connectivity index (χ2v) is 6.54. The number of allylic oxidation sites excluding steroid dienone is 2. The average Bonchev–Trinajstić information content (AvgIpc) is 3.05. The normalized spacial score (nSPS) is 46.5. The van der Waals surface area contributed by atoms with Crippen LogP contribution in [0, 0.1) is 29.1 Å². The van der Waals surface area contributed by atoms with Gasteiger partial charge in [0.05, 0.1) is 12.2 Å². The predicted octanol–water partition coefficient (Wildman–Crippen LogP) is 1.00. The molecule has 1 aliphatic heterocycles. The molecule has 4 nitrogen and oxygen atoms in total. The minimum absolute atomic E-state index is 0.0437. The van der Waals surface area contributed by atoms with Gasteiger partial charge in [-0.15, -0.1) is 0 Å². The average molecular weight is 262 g/mol. The number of fused-ring (bicyclic) bond motifs is 4. The monoisotopic (exact) mass is 262 g/mol. The highest BCUT2D eigenvalue weighted by atomic mass is 16.5. The number of esters is 1. The van der Waals surface area contributed by atoms with E-state index in [-0.39, 0.29) is 18.6 Å². The Morgan fingerprint density at radius 1 is 1.42 bits per heavy atom. The highest BCUT2D eigenvalue weighted by Gasteiger charge is 2.66. The maximum atomic E-state index is 11.7. The molecule has 1 heterocycles. The lowest BCUT2D eigenvalue weighted by atomic mass is 9.66. The minimum Gasteiger partial charge on any atom is -0.423 e. The maximum Gasteiger partial charge on any atom is 0.342 e. The topological polar surface area (TPSA) is 66.8 Å². The van der Waals surface area contributed by atoms with Gasteiger partial charge in [0.25, 0.3) is 0 Å². The highest BCUT2D eigenvalue weighted by molar-refractivity contribution is 5.95.